The number of carbonyl (C=O) groups excluding carboxylic acids is 1. The van der Waals surface area contributed by atoms with Crippen LogP contribution in [0, 0.1) is 6.92 Å². The van der Waals surface area contributed by atoms with E-state index in [0.717, 1.165) is 18.4 Å². The number of sulfonamides is 1. The second-order valence-electron chi connectivity index (χ2n) is 7.77. The molecular weight excluding hydrogens is 396 g/mol. The van der Waals surface area contributed by atoms with Crippen molar-refractivity contribution in [1.82, 2.24) is 5.32 Å². The molecule has 1 fully saturated rings. The first kappa shape index (κ1) is 20.2. The Morgan fingerprint density at radius 2 is 1.53 bits per heavy atom. The average molecular weight is 421 g/mol. The van der Waals surface area contributed by atoms with E-state index in [4.69, 9.17) is 0 Å². The number of amides is 1. The van der Waals surface area contributed by atoms with E-state index < -0.39 is 10.0 Å². The van der Waals surface area contributed by atoms with Crippen LogP contribution in [0.5, 0.6) is 0 Å². The quantitative estimate of drug-likeness (QED) is 0.600. The highest BCUT2D eigenvalue weighted by Gasteiger charge is 2.44. The van der Waals surface area contributed by atoms with Crippen LogP contribution in [0.2, 0.25) is 0 Å². The molecule has 0 radical (unpaired) electrons. The predicted octanol–water partition coefficient (Wildman–Crippen LogP) is 4.26. The number of rotatable bonds is 7. The first-order chi connectivity index (χ1) is 14.4. The van der Waals surface area contributed by atoms with Gasteiger partial charge in [-0.15, -0.1) is 0 Å². The Kier molecular flexibility index (Phi) is 5.35. The van der Waals surface area contributed by atoms with Crippen LogP contribution in [0.3, 0.4) is 0 Å². The molecule has 0 spiro atoms. The van der Waals surface area contributed by atoms with Crippen LogP contribution < -0.4 is 10.0 Å². The smallest absolute Gasteiger partial charge is 0.261 e. The van der Waals surface area contributed by atoms with E-state index in [1.54, 1.807) is 24.3 Å². The summed E-state index contributed by atoms with van der Waals surface area (Å²) in [5, 5.41) is 3.00. The maximum absolute atomic E-state index is 12.6. The van der Waals surface area contributed by atoms with Crippen molar-refractivity contribution in [3.63, 3.8) is 0 Å². The van der Waals surface area contributed by atoms with E-state index in [0.29, 0.717) is 17.8 Å². The van der Waals surface area contributed by atoms with Crippen LogP contribution in [0.15, 0.2) is 83.8 Å². The molecular formula is C24H24N2O3S. The van der Waals surface area contributed by atoms with Gasteiger partial charge in [0.15, 0.2) is 0 Å². The zero-order valence-electron chi connectivity index (χ0n) is 16.8. The van der Waals surface area contributed by atoms with Crippen LogP contribution in [-0.4, -0.2) is 20.9 Å². The fourth-order valence-corrected chi connectivity index (χ4v) is 4.67. The van der Waals surface area contributed by atoms with E-state index in [1.807, 2.05) is 37.3 Å². The summed E-state index contributed by atoms with van der Waals surface area (Å²) in [6.07, 6.45) is 2.11. The second kappa shape index (κ2) is 7.95. The van der Waals surface area contributed by atoms with E-state index in [-0.39, 0.29) is 16.2 Å². The van der Waals surface area contributed by atoms with E-state index in [1.165, 1.54) is 17.7 Å². The molecule has 2 N–H and O–H groups in total. The highest BCUT2D eigenvalue weighted by molar-refractivity contribution is 7.92. The molecule has 4 rings (SSSR count). The van der Waals surface area contributed by atoms with Crippen LogP contribution >= 0.6 is 0 Å². The Bertz CT molecular complexity index is 1150. The molecule has 0 aliphatic heterocycles. The van der Waals surface area contributed by atoms with Crippen molar-refractivity contribution in [3.05, 3.63) is 95.6 Å². The summed E-state index contributed by atoms with van der Waals surface area (Å²) >= 11 is 0. The van der Waals surface area contributed by atoms with Gasteiger partial charge >= 0.3 is 0 Å². The average Bonchev–Trinajstić information content (AvgIpc) is 3.56. The van der Waals surface area contributed by atoms with Gasteiger partial charge in [-0.2, -0.15) is 0 Å². The van der Waals surface area contributed by atoms with Gasteiger partial charge < -0.3 is 5.32 Å². The molecule has 1 amide bonds. The SMILES string of the molecule is Cc1ccccc1NS(=O)(=O)c1ccc(C(=O)NCC2(c3ccccc3)CC2)cc1. The first-order valence-corrected chi connectivity index (χ1v) is 11.4. The molecule has 3 aromatic rings. The molecule has 0 heterocycles. The number of benzene rings is 3. The number of hydrogen-bond acceptors (Lipinski definition) is 3. The van der Waals surface area contributed by atoms with Crippen LogP contribution in [0.4, 0.5) is 5.69 Å². The molecule has 1 aliphatic rings. The van der Waals surface area contributed by atoms with Crippen molar-refractivity contribution in [2.75, 3.05) is 11.3 Å². The van der Waals surface area contributed by atoms with Gasteiger partial charge in [0.2, 0.25) is 0 Å². The molecule has 1 aliphatic carbocycles. The molecule has 154 valence electrons. The Morgan fingerprint density at radius 3 is 2.17 bits per heavy atom. The molecule has 30 heavy (non-hydrogen) atoms. The molecule has 0 unspecified atom stereocenters. The highest BCUT2D eigenvalue weighted by atomic mass is 32.2. The summed E-state index contributed by atoms with van der Waals surface area (Å²) in [5.74, 6) is -0.201. The fraction of sp³-hybridized carbons (Fsp3) is 0.208. The van der Waals surface area contributed by atoms with Gasteiger partial charge in [-0.25, -0.2) is 8.42 Å². The second-order valence-corrected chi connectivity index (χ2v) is 9.46. The van der Waals surface area contributed by atoms with E-state index >= 15 is 0 Å². The van der Waals surface area contributed by atoms with Crippen LogP contribution in [0.1, 0.15) is 34.3 Å². The van der Waals surface area contributed by atoms with Gasteiger partial charge in [0.25, 0.3) is 15.9 Å². The lowest BCUT2D eigenvalue weighted by Crippen LogP contribution is -2.32. The number of aryl methyl sites for hydroxylation is 1. The van der Waals surface area contributed by atoms with E-state index in [2.05, 4.69) is 22.2 Å². The molecule has 0 saturated heterocycles. The number of carbonyl (C=O) groups is 1. The number of nitrogens with one attached hydrogen (secondary N) is 2. The third kappa shape index (κ3) is 4.24. The molecule has 3 aromatic carbocycles. The maximum Gasteiger partial charge on any atom is 0.261 e. The van der Waals surface area contributed by atoms with Gasteiger partial charge in [0, 0.05) is 17.5 Å². The summed E-state index contributed by atoms with van der Waals surface area (Å²) in [6, 6.07) is 23.4. The lowest BCUT2D eigenvalue weighted by molar-refractivity contribution is 0.0949. The van der Waals surface area contributed by atoms with Crippen molar-refractivity contribution in [2.45, 2.75) is 30.1 Å². The number of para-hydroxylation sites is 1. The summed E-state index contributed by atoms with van der Waals surface area (Å²) in [4.78, 5) is 12.7. The standard InChI is InChI=1S/C24H24N2O3S/c1-18-7-5-6-10-22(18)26-30(28,29)21-13-11-19(12-14-21)23(27)25-17-24(15-16-24)20-8-3-2-4-9-20/h2-14,26H,15-17H2,1H3,(H,25,27). The molecule has 5 nitrogen and oxygen atoms in total. The van der Waals surface area contributed by atoms with Gasteiger partial charge in [-0.3, -0.25) is 9.52 Å². The third-order valence-corrected chi connectivity index (χ3v) is 7.02. The zero-order valence-corrected chi connectivity index (χ0v) is 17.6. The van der Waals surface area contributed by atoms with Gasteiger partial charge in [-0.05, 0) is 61.2 Å². The number of hydrogen-bond donors (Lipinski definition) is 2. The Labute approximate surface area is 177 Å². The minimum atomic E-state index is -3.72. The summed E-state index contributed by atoms with van der Waals surface area (Å²) in [6.45, 7) is 2.41. The van der Waals surface area contributed by atoms with Crippen molar-refractivity contribution in [3.8, 4) is 0 Å². The summed E-state index contributed by atoms with van der Waals surface area (Å²) < 4.78 is 27.9. The summed E-state index contributed by atoms with van der Waals surface area (Å²) in [5.41, 5.74) is 3.08. The predicted molar refractivity (Wildman–Crippen MR) is 118 cm³/mol. The fourth-order valence-electron chi connectivity index (χ4n) is 3.54. The Hall–Kier alpha value is -3.12. The largest absolute Gasteiger partial charge is 0.351 e. The van der Waals surface area contributed by atoms with Crippen LogP contribution in [0.25, 0.3) is 0 Å². The lowest BCUT2D eigenvalue weighted by Gasteiger charge is -2.16. The minimum Gasteiger partial charge on any atom is -0.351 e. The Morgan fingerprint density at radius 1 is 0.900 bits per heavy atom. The molecule has 0 bridgehead atoms. The summed E-state index contributed by atoms with van der Waals surface area (Å²) in [7, 11) is -3.72. The van der Waals surface area contributed by atoms with Gasteiger partial charge in [0.05, 0.1) is 10.6 Å². The van der Waals surface area contributed by atoms with Gasteiger partial charge in [-0.1, -0.05) is 48.5 Å². The minimum absolute atomic E-state index is 0.0255. The van der Waals surface area contributed by atoms with Crippen molar-refractivity contribution < 1.29 is 13.2 Å². The van der Waals surface area contributed by atoms with Crippen LogP contribution in [-0.2, 0) is 15.4 Å². The molecule has 6 heteroatoms. The topological polar surface area (TPSA) is 75.3 Å². The Balaban J connectivity index is 1.42. The zero-order chi connectivity index (χ0) is 21.2. The van der Waals surface area contributed by atoms with Crippen molar-refractivity contribution in [1.29, 1.82) is 0 Å². The van der Waals surface area contributed by atoms with Crippen molar-refractivity contribution in [2.24, 2.45) is 0 Å². The molecule has 0 atom stereocenters. The lowest BCUT2D eigenvalue weighted by atomic mass is 9.96. The highest BCUT2D eigenvalue weighted by Crippen LogP contribution is 2.47. The maximum atomic E-state index is 12.6. The van der Waals surface area contributed by atoms with Crippen molar-refractivity contribution >= 4 is 21.6 Å². The first-order valence-electron chi connectivity index (χ1n) is 9.92. The van der Waals surface area contributed by atoms with Gasteiger partial charge in [0.1, 0.15) is 0 Å². The number of anilines is 1. The normalized spacial score (nSPS) is 14.7. The third-order valence-electron chi connectivity index (χ3n) is 5.64. The molecule has 1 saturated carbocycles. The van der Waals surface area contributed by atoms with E-state index in [9.17, 15) is 13.2 Å². The monoisotopic (exact) mass is 420 g/mol. The molecule has 0 aromatic heterocycles.